The quantitative estimate of drug-likeness (QED) is 0.566. The Kier molecular flexibility index (Phi) is 4.12. The first-order chi connectivity index (χ1) is 6.70. The predicted octanol–water partition coefficient (Wildman–Crippen LogP) is 1.08. The van der Waals surface area contributed by atoms with Crippen molar-refractivity contribution in [2.45, 2.75) is 12.8 Å². The molecule has 4 nitrogen and oxygen atoms in total. The zero-order valence-corrected chi connectivity index (χ0v) is 8.47. The molecular formula is C9H12N2O2S. The van der Waals surface area contributed by atoms with Gasteiger partial charge in [0.2, 0.25) is 0 Å². The topological polar surface area (TPSA) is 68.3 Å². The van der Waals surface area contributed by atoms with E-state index < -0.39 is 0 Å². The highest BCUT2D eigenvalue weighted by Gasteiger charge is 2.06. The SMILES string of the molecule is NC(=S)CCCNC(=O)c1ccco1. The summed E-state index contributed by atoms with van der Waals surface area (Å²) in [6.07, 6.45) is 2.86. The number of nitrogens with one attached hydrogen (secondary N) is 1. The molecule has 0 fully saturated rings. The second kappa shape index (κ2) is 5.39. The van der Waals surface area contributed by atoms with Gasteiger partial charge in [0.15, 0.2) is 5.76 Å². The van der Waals surface area contributed by atoms with E-state index >= 15 is 0 Å². The van der Waals surface area contributed by atoms with E-state index in [1.54, 1.807) is 12.1 Å². The third kappa shape index (κ3) is 3.57. The van der Waals surface area contributed by atoms with Crippen molar-refractivity contribution < 1.29 is 9.21 Å². The summed E-state index contributed by atoms with van der Waals surface area (Å²) >= 11 is 4.70. The zero-order chi connectivity index (χ0) is 10.4. The molecule has 1 amide bonds. The molecule has 3 N–H and O–H groups in total. The fourth-order valence-electron chi connectivity index (χ4n) is 0.959. The maximum atomic E-state index is 11.3. The number of hydrogen-bond donors (Lipinski definition) is 2. The molecule has 0 aromatic carbocycles. The van der Waals surface area contributed by atoms with E-state index in [2.05, 4.69) is 5.32 Å². The molecule has 14 heavy (non-hydrogen) atoms. The van der Waals surface area contributed by atoms with Gasteiger partial charge in [-0.2, -0.15) is 0 Å². The number of carbonyl (C=O) groups excluding carboxylic acids is 1. The highest BCUT2D eigenvalue weighted by Crippen LogP contribution is 1.99. The Balaban J connectivity index is 2.19. The van der Waals surface area contributed by atoms with Crippen molar-refractivity contribution in [2.24, 2.45) is 5.73 Å². The smallest absolute Gasteiger partial charge is 0.286 e. The van der Waals surface area contributed by atoms with E-state index in [1.807, 2.05) is 0 Å². The Bertz CT molecular complexity index is 309. The molecule has 0 aliphatic heterocycles. The van der Waals surface area contributed by atoms with E-state index in [-0.39, 0.29) is 5.91 Å². The van der Waals surface area contributed by atoms with Crippen LogP contribution in [0.25, 0.3) is 0 Å². The lowest BCUT2D eigenvalue weighted by molar-refractivity contribution is 0.0925. The molecule has 0 bridgehead atoms. The van der Waals surface area contributed by atoms with Crippen molar-refractivity contribution in [3.63, 3.8) is 0 Å². The van der Waals surface area contributed by atoms with Gasteiger partial charge in [-0.05, 0) is 25.0 Å². The summed E-state index contributed by atoms with van der Waals surface area (Å²) in [7, 11) is 0. The minimum Gasteiger partial charge on any atom is -0.459 e. The predicted molar refractivity (Wildman–Crippen MR) is 57.1 cm³/mol. The highest BCUT2D eigenvalue weighted by atomic mass is 32.1. The third-order valence-electron chi connectivity index (χ3n) is 1.63. The van der Waals surface area contributed by atoms with Crippen molar-refractivity contribution in [2.75, 3.05) is 6.54 Å². The fraction of sp³-hybridized carbons (Fsp3) is 0.333. The molecule has 76 valence electrons. The van der Waals surface area contributed by atoms with Gasteiger partial charge in [-0.15, -0.1) is 0 Å². The minimum atomic E-state index is -0.210. The molecule has 0 radical (unpaired) electrons. The number of carbonyl (C=O) groups is 1. The molecular weight excluding hydrogens is 200 g/mol. The van der Waals surface area contributed by atoms with E-state index in [0.717, 1.165) is 6.42 Å². The monoisotopic (exact) mass is 212 g/mol. The summed E-state index contributed by atoms with van der Waals surface area (Å²) in [5.74, 6) is 0.110. The van der Waals surface area contributed by atoms with Gasteiger partial charge < -0.3 is 15.5 Å². The Labute approximate surface area is 87.5 Å². The van der Waals surface area contributed by atoms with Gasteiger partial charge in [-0.25, -0.2) is 0 Å². The lowest BCUT2D eigenvalue weighted by atomic mass is 10.3. The van der Waals surface area contributed by atoms with Crippen molar-refractivity contribution >= 4 is 23.1 Å². The number of nitrogens with two attached hydrogens (primary N) is 1. The summed E-state index contributed by atoms with van der Waals surface area (Å²) in [6.45, 7) is 0.552. The zero-order valence-electron chi connectivity index (χ0n) is 7.66. The first kappa shape index (κ1) is 10.7. The van der Waals surface area contributed by atoms with Crippen molar-refractivity contribution in [3.05, 3.63) is 24.2 Å². The van der Waals surface area contributed by atoms with Crippen molar-refractivity contribution in [1.29, 1.82) is 0 Å². The van der Waals surface area contributed by atoms with Crippen LogP contribution in [0.15, 0.2) is 22.8 Å². The Morgan fingerprint density at radius 2 is 2.43 bits per heavy atom. The van der Waals surface area contributed by atoms with Gasteiger partial charge in [0, 0.05) is 6.54 Å². The lowest BCUT2D eigenvalue weighted by Gasteiger charge is -2.01. The van der Waals surface area contributed by atoms with E-state index in [9.17, 15) is 4.79 Å². The molecule has 0 aliphatic carbocycles. The van der Waals surface area contributed by atoms with Crippen LogP contribution >= 0.6 is 12.2 Å². The number of hydrogen-bond acceptors (Lipinski definition) is 3. The van der Waals surface area contributed by atoms with Crippen molar-refractivity contribution in [1.82, 2.24) is 5.32 Å². The number of thiocarbonyl (C=S) groups is 1. The van der Waals surface area contributed by atoms with Crippen LogP contribution in [0.2, 0.25) is 0 Å². The van der Waals surface area contributed by atoms with E-state index in [1.165, 1.54) is 6.26 Å². The molecule has 1 rings (SSSR count). The third-order valence-corrected chi connectivity index (χ3v) is 1.83. The van der Waals surface area contributed by atoms with Gasteiger partial charge in [-0.3, -0.25) is 4.79 Å². The minimum absolute atomic E-state index is 0.210. The average molecular weight is 212 g/mol. The average Bonchev–Trinajstić information content (AvgIpc) is 2.64. The van der Waals surface area contributed by atoms with Crippen LogP contribution < -0.4 is 11.1 Å². The summed E-state index contributed by atoms with van der Waals surface area (Å²) in [6, 6.07) is 3.28. The molecule has 1 aromatic heterocycles. The van der Waals surface area contributed by atoms with E-state index in [4.69, 9.17) is 22.4 Å². The molecule has 0 spiro atoms. The molecule has 0 saturated heterocycles. The normalized spacial score (nSPS) is 9.71. The van der Waals surface area contributed by atoms with Gasteiger partial charge in [0.1, 0.15) is 0 Å². The maximum absolute atomic E-state index is 11.3. The van der Waals surface area contributed by atoms with Crippen LogP contribution in [0, 0.1) is 0 Å². The Morgan fingerprint density at radius 3 is 3.00 bits per heavy atom. The standard InChI is InChI=1S/C9H12N2O2S/c10-8(14)4-1-5-11-9(12)7-3-2-6-13-7/h2-3,6H,1,4-5H2,(H2,10,14)(H,11,12). The first-order valence-electron chi connectivity index (χ1n) is 4.30. The summed E-state index contributed by atoms with van der Waals surface area (Å²) in [5.41, 5.74) is 5.30. The van der Waals surface area contributed by atoms with Crippen LogP contribution in [0.4, 0.5) is 0 Å². The molecule has 1 aromatic rings. The summed E-state index contributed by atoms with van der Waals surface area (Å²) < 4.78 is 4.91. The molecule has 5 heteroatoms. The van der Waals surface area contributed by atoms with Crippen molar-refractivity contribution in [3.8, 4) is 0 Å². The van der Waals surface area contributed by atoms with Crippen LogP contribution in [0.5, 0.6) is 0 Å². The molecule has 0 atom stereocenters. The van der Waals surface area contributed by atoms with Gasteiger partial charge in [0.05, 0.1) is 11.3 Å². The lowest BCUT2D eigenvalue weighted by Crippen LogP contribution is -2.24. The van der Waals surface area contributed by atoms with Crippen LogP contribution in [0.3, 0.4) is 0 Å². The fourth-order valence-corrected chi connectivity index (χ4v) is 1.10. The largest absolute Gasteiger partial charge is 0.459 e. The maximum Gasteiger partial charge on any atom is 0.286 e. The van der Waals surface area contributed by atoms with Crippen LogP contribution in [-0.4, -0.2) is 17.4 Å². The highest BCUT2D eigenvalue weighted by molar-refractivity contribution is 7.80. The van der Waals surface area contributed by atoms with Gasteiger partial charge >= 0.3 is 0 Å². The molecule has 1 heterocycles. The molecule has 0 aliphatic rings. The number of rotatable bonds is 5. The van der Waals surface area contributed by atoms with Crippen LogP contribution in [0.1, 0.15) is 23.4 Å². The summed E-state index contributed by atoms with van der Waals surface area (Å²) in [4.78, 5) is 11.8. The van der Waals surface area contributed by atoms with E-state index in [0.29, 0.717) is 23.7 Å². The second-order valence-electron chi connectivity index (χ2n) is 2.80. The Hall–Kier alpha value is -1.36. The second-order valence-corrected chi connectivity index (χ2v) is 3.33. The Morgan fingerprint density at radius 1 is 1.64 bits per heavy atom. The number of amides is 1. The number of furan rings is 1. The van der Waals surface area contributed by atoms with Crippen LogP contribution in [-0.2, 0) is 0 Å². The summed E-state index contributed by atoms with van der Waals surface area (Å²) in [5, 5.41) is 2.69. The molecule has 0 saturated carbocycles. The van der Waals surface area contributed by atoms with Gasteiger partial charge in [0.25, 0.3) is 5.91 Å². The van der Waals surface area contributed by atoms with Gasteiger partial charge in [-0.1, -0.05) is 12.2 Å². The first-order valence-corrected chi connectivity index (χ1v) is 4.71. The molecule has 0 unspecified atom stereocenters.